The third-order valence-corrected chi connectivity index (χ3v) is 6.43. The molecule has 2 aliphatic rings. The van der Waals surface area contributed by atoms with E-state index in [9.17, 15) is 0 Å². The molecule has 0 unspecified atom stereocenters. The number of hydrogen-bond acceptors (Lipinski definition) is 5. The second kappa shape index (κ2) is 9.77. The topological polar surface area (TPSA) is 59.1 Å². The van der Waals surface area contributed by atoms with Crippen molar-refractivity contribution in [3.8, 4) is 11.1 Å². The first-order valence-electron chi connectivity index (χ1n) is 10.9. The molecule has 0 amide bonds. The summed E-state index contributed by atoms with van der Waals surface area (Å²) in [5, 5.41) is 7.85. The summed E-state index contributed by atoms with van der Waals surface area (Å²) in [6.07, 6.45) is 12.2. The van der Waals surface area contributed by atoms with Crippen LogP contribution in [-0.4, -0.2) is 35.8 Å². The van der Waals surface area contributed by atoms with Gasteiger partial charge in [0.2, 0.25) is 0 Å². The van der Waals surface area contributed by atoms with Crippen molar-refractivity contribution >= 4 is 23.1 Å². The highest BCUT2D eigenvalue weighted by atomic mass is 35.5. The number of anilines is 2. The number of nitrogens with one attached hydrogen (secondary N) is 2. The van der Waals surface area contributed by atoms with Crippen molar-refractivity contribution < 1.29 is 4.74 Å². The summed E-state index contributed by atoms with van der Waals surface area (Å²) in [4.78, 5) is 9.12. The van der Waals surface area contributed by atoms with E-state index in [0.29, 0.717) is 17.0 Å². The van der Waals surface area contributed by atoms with Gasteiger partial charge in [0.15, 0.2) is 0 Å². The van der Waals surface area contributed by atoms with Gasteiger partial charge in [-0.3, -0.25) is 4.98 Å². The number of pyridine rings is 2. The standard InChI is InChI=1S/C23H31ClN4O/c1-16-22(26-13-17-7-9-29-10-8-17)11-18(14-25-16)20-12-23(27-15-21(20)24)28-19-5-3-2-4-6-19/h11-12,14-15,17,19,26H,2-10,13H2,1H3,(H,27,28). The Kier molecular flexibility index (Phi) is 6.88. The Morgan fingerprint density at radius 1 is 1.03 bits per heavy atom. The van der Waals surface area contributed by atoms with Crippen LogP contribution in [-0.2, 0) is 4.74 Å². The minimum atomic E-state index is 0.512. The molecule has 2 fully saturated rings. The van der Waals surface area contributed by atoms with Crippen LogP contribution in [0, 0.1) is 12.8 Å². The third-order valence-electron chi connectivity index (χ3n) is 6.13. The van der Waals surface area contributed by atoms with E-state index < -0.39 is 0 Å². The van der Waals surface area contributed by atoms with Crippen molar-refractivity contribution in [2.75, 3.05) is 30.4 Å². The minimum Gasteiger partial charge on any atom is -0.383 e. The summed E-state index contributed by atoms with van der Waals surface area (Å²) >= 11 is 6.51. The molecule has 2 aromatic heterocycles. The lowest BCUT2D eigenvalue weighted by Crippen LogP contribution is -2.23. The highest BCUT2D eigenvalue weighted by Gasteiger charge is 2.16. The molecule has 0 atom stereocenters. The monoisotopic (exact) mass is 414 g/mol. The van der Waals surface area contributed by atoms with Crippen molar-refractivity contribution in [1.29, 1.82) is 0 Å². The van der Waals surface area contributed by atoms with Gasteiger partial charge in [-0.2, -0.15) is 0 Å². The van der Waals surface area contributed by atoms with Crippen LogP contribution in [0.25, 0.3) is 11.1 Å². The fourth-order valence-corrected chi connectivity index (χ4v) is 4.47. The van der Waals surface area contributed by atoms with Crippen molar-refractivity contribution in [2.24, 2.45) is 5.92 Å². The second-order valence-electron chi connectivity index (χ2n) is 8.32. The maximum atomic E-state index is 6.51. The number of rotatable bonds is 6. The number of aromatic nitrogens is 2. The van der Waals surface area contributed by atoms with Gasteiger partial charge in [-0.25, -0.2) is 4.98 Å². The molecular formula is C23H31ClN4O. The first-order chi connectivity index (χ1) is 14.2. The van der Waals surface area contributed by atoms with E-state index >= 15 is 0 Å². The van der Waals surface area contributed by atoms with E-state index in [1.54, 1.807) is 6.20 Å². The average Bonchev–Trinajstić information content (AvgIpc) is 2.76. The van der Waals surface area contributed by atoms with E-state index in [2.05, 4.69) is 32.7 Å². The Balaban J connectivity index is 1.50. The molecule has 1 saturated heterocycles. The highest BCUT2D eigenvalue weighted by Crippen LogP contribution is 2.32. The number of ether oxygens (including phenoxy) is 1. The maximum absolute atomic E-state index is 6.51. The molecule has 29 heavy (non-hydrogen) atoms. The molecule has 2 N–H and O–H groups in total. The zero-order valence-corrected chi connectivity index (χ0v) is 18.0. The zero-order valence-electron chi connectivity index (χ0n) is 17.2. The first-order valence-corrected chi connectivity index (χ1v) is 11.3. The Bertz CT molecular complexity index is 817. The van der Waals surface area contributed by atoms with Crippen LogP contribution in [0.2, 0.25) is 5.02 Å². The molecule has 0 radical (unpaired) electrons. The molecule has 5 nitrogen and oxygen atoms in total. The van der Waals surface area contributed by atoms with Crippen LogP contribution in [0.3, 0.4) is 0 Å². The molecule has 4 rings (SSSR count). The lowest BCUT2D eigenvalue weighted by Gasteiger charge is -2.24. The van der Waals surface area contributed by atoms with Gasteiger partial charge in [0.05, 0.1) is 16.4 Å². The number of nitrogens with zero attached hydrogens (tertiary/aromatic N) is 2. The number of hydrogen-bond donors (Lipinski definition) is 2. The fraction of sp³-hybridized carbons (Fsp3) is 0.565. The van der Waals surface area contributed by atoms with Crippen LogP contribution in [0.1, 0.15) is 50.6 Å². The predicted octanol–water partition coefficient (Wildman–Crippen LogP) is 5.69. The van der Waals surface area contributed by atoms with E-state index in [0.717, 1.165) is 60.9 Å². The lowest BCUT2D eigenvalue weighted by molar-refractivity contribution is 0.0699. The van der Waals surface area contributed by atoms with Gasteiger partial charge < -0.3 is 15.4 Å². The first kappa shape index (κ1) is 20.4. The average molecular weight is 415 g/mol. The molecule has 6 heteroatoms. The van der Waals surface area contributed by atoms with E-state index in [4.69, 9.17) is 16.3 Å². The summed E-state index contributed by atoms with van der Waals surface area (Å²) in [7, 11) is 0. The quantitative estimate of drug-likeness (QED) is 0.635. The highest BCUT2D eigenvalue weighted by molar-refractivity contribution is 6.33. The molecule has 3 heterocycles. The molecular weight excluding hydrogens is 384 g/mol. The van der Waals surface area contributed by atoms with Gasteiger partial charge in [-0.1, -0.05) is 30.9 Å². The van der Waals surface area contributed by atoms with Gasteiger partial charge >= 0.3 is 0 Å². The zero-order chi connectivity index (χ0) is 20.1. The largest absolute Gasteiger partial charge is 0.383 e. The van der Waals surface area contributed by atoms with Crippen molar-refractivity contribution in [3.63, 3.8) is 0 Å². The van der Waals surface area contributed by atoms with Crippen LogP contribution in [0.15, 0.2) is 24.5 Å². The molecule has 0 aromatic carbocycles. The molecule has 0 bridgehead atoms. The van der Waals surface area contributed by atoms with E-state index in [1.165, 1.54) is 32.1 Å². The second-order valence-corrected chi connectivity index (χ2v) is 8.73. The van der Waals surface area contributed by atoms with Crippen LogP contribution < -0.4 is 10.6 Å². The van der Waals surface area contributed by atoms with Crippen LogP contribution in [0.4, 0.5) is 11.5 Å². The molecule has 0 spiro atoms. The Morgan fingerprint density at radius 3 is 2.62 bits per heavy atom. The van der Waals surface area contributed by atoms with Crippen LogP contribution in [0.5, 0.6) is 0 Å². The Labute approximate surface area is 178 Å². The minimum absolute atomic E-state index is 0.512. The summed E-state index contributed by atoms with van der Waals surface area (Å²) in [6.45, 7) is 4.73. The summed E-state index contributed by atoms with van der Waals surface area (Å²) in [6, 6.07) is 4.73. The van der Waals surface area contributed by atoms with Gasteiger partial charge in [0.25, 0.3) is 0 Å². The van der Waals surface area contributed by atoms with Gasteiger partial charge in [-0.15, -0.1) is 0 Å². The van der Waals surface area contributed by atoms with Gasteiger partial charge in [0.1, 0.15) is 5.82 Å². The Morgan fingerprint density at radius 2 is 1.83 bits per heavy atom. The van der Waals surface area contributed by atoms with Gasteiger partial charge in [-0.05, 0) is 50.7 Å². The molecule has 1 saturated carbocycles. The van der Waals surface area contributed by atoms with Crippen molar-refractivity contribution in [1.82, 2.24) is 9.97 Å². The Hall–Kier alpha value is -1.85. The predicted molar refractivity (Wildman–Crippen MR) is 120 cm³/mol. The summed E-state index contributed by atoms with van der Waals surface area (Å²) < 4.78 is 5.46. The molecule has 1 aliphatic carbocycles. The summed E-state index contributed by atoms with van der Waals surface area (Å²) in [5.74, 6) is 1.55. The van der Waals surface area contributed by atoms with E-state index in [-0.39, 0.29) is 0 Å². The molecule has 1 aliphatic heterocycles. The summed E-state index contributed by atoms with van der Waals surface area (Å²) in [5.41, 5.74) is 4.07. The smallest absolute Gasteiger partial charge is 0.126 e. The maximum Gasteiger partial charge on any atom is 0.126 e. The van der Waals surface area contributed by atoms with E-state index in [1.807, 2.05) is 13.1 Å². The molecule has 156 valence electrons. The van der Waals surface area contributed by atoms with Crippen LogP contribution >= 0.6 is 11.6 Å². The van der Waals surface area contributed by atoms with Crippen molar-refractivity contribution in [3.05, 3.63) is 35.2 Å². The number of aryl methyl sites for hydroxylation is 1. The fourth-order valence-electron chi connectivity index (χ4n) is 4.26. The van der Waals surface area contributed by atoms with Crippen molar-refractivity contribution in [2.45, 2.75) is 57.9 Å². The van der Waals surface area contributed by atoms with Gasteiger partial charge in [0, 0.05) is 49.3 Å². The number of halogens is 1. The third kappa shape index (κ3) is 5.40. The lowest BCUT2D eigenvalue weighted by atomic mass is 9.95. The molecule has 2 aromatic rings. The SMILES string of the molecule is Cc1ncc(-c2cc(NC3CCCCC3)ncc2Cl)cc1NCC1CCOCC1. The normalized spacial score (nSPS) is 18.6.